The van der Waals surface area contributed by atoms with Crippen molar-refractivity contribution in [2.45, 2.75) is 12.8 Å². The normalized spacial score (nSPS) is 16.5. The van der Waals surface area contributed by atoms with E-state index in [1.54, 1.807) is 24.1 Å². The Labute approximate surface area is 112 Å². The topological polar surface area (TPSA) is 52.6 Å². The Kier molecular flexibility index (Phi) is 4.37. The number of amides is 1. The summed E-state index contributed by atoms with van der Waals surface area (Å²) >= 11 is 0. The van der Waals surface area contributed by atoms with Crippen molar-refractivity contribution in [3.8, 4) is 0 Å². The maximum Gasteiger partial charge on any atom is 0.256 e. The number of aliphatic hydroxyl groups is 1. The second-order valence-electron chi connectivity index (χ2n) is 4.83. The van der Waals surface area contributed by atoms with Crippen LogP contribution in [0.2, 0.25) is 0 Å². The molecule has 2 rings (SSSR count). The van der Waals surface area contributed by atoms with Crippen LogP contribution in [0.3, 0.4) is 0 Å². The number of rotatable bonds is 3. The fourth-order valence-electron chi connectivity index (χ4n) is 2.45. The number of piperidine rings is 1. The SMILES string of the molecule is CNc1c(F)cccc1C(=O)N1CCC(CO)CC1. The van der Waals surface area contributed by atoms with Crippen LogP contribution in [0.25, 0.3) is 0 Å². The van der Waals surface area contributed by atoms with Crippen LogP contribution < -0.4 is 5.32 Å². The van der Waals surface area contributed by atoms with Gasteiger partial charge in [0.2, 0.25) is 0 Å². The zero-order chi connectivity index (χ0) is 13.8. The van der Waals surface area contributed by atoms with Gasteiger partial charge in [-0.3, -0.25) is 4.79 Å². The zero-order valence-corrected chi connectivity index (χ0v) is 11.0. The van der Waals surface area contributed by atoms with Gasteiger partial charge in [-0.25, -0.2) is 4.39 Å². The van der Waals surface area contributed by atoms with E-state index in [2.05, 4.69) is 5.32 Å². The summed E-state index contributed by atoms with van der Waals surface area (Å²) in [6.07, 6.45) is 1.60. The van der Waals surface area contributed by atoms with Crippen molar-refractivity contribution in [1.29, 1.82) is 0 Å². The first kappa shape index (κ1) is 13.8. The molecule has 1 heterocycles. The number of para-hydroxylation sites is 1. The summed E-state index contributed by atoms with van der Waals surface area (Å²) in [4.78, 5) is 14.1. The minimum atomic E-state index is -0.418. The third-order valence-corrected chi connectivity index (χ3v) is 3.65. The molecule has 0 unspecified atom stereocenters. The monoisotopic (exact) mass is 266 g/mol. The molecule has 1 aliphatic heterocycles. The minimum absolute atomic E-state index is 0.153. The number of nitrogens with zero attached hydrogens (tertiary/aromatic N) is 1. The van der Waals surface area contributed by atoms with Crippen molar-refractivity contribution in [1.82, 2.24) is 4.90 Å². The molecule has 0 aliphatic carbocycles. The summed E-state index contributed by atoms with van der Waals surface area (Å²) in [5, 5.41) is 11.8. The van der Waals surface area contributed by atoms with E-state index < -0.39 is 5.82 Å². The van der Waals surface area contributed by atoms with Gasteiger partial charge in [0, 0.05) is 26.7 Å². The molecule has 0 radical (unpaired) electrons. The number of nitrogens with one attached hydrogen (secondary N) is 1. The van der Waals surface area contributed by atoms with Crippen LogP contribution >= 0.6 is 0 Å². The van der Waals surface area contributed by atoms with Gasteiger partial charge in [0.05, 0.1) is 11.3 Å². The van der Waals surface area contributed by atoms with Gasteiger partial charge in [0.25, 0.3) is 5.91 Å². The van der Waals surface area contributed by atoms with E-state index in [0.717, 1.165) is 12.8 Å². The predicted octanol–water partition coefficient (Wildman–Crippen LogP) is 1.71. The Morgan fingerprint density at radius 1 is 1.47 bits per heavy atom. The van der Waals surface area contributed by atoms with Crippen LogP contribution in [0.5, 0.6) is 0 Å². The number of halogens is 1. The summed E-state index contributed by atoms with van der Waals surface area (Å²) in [6, 6.07) is 4.51. The zero-order valence-electron chi connectivity index (χ0n) is 11.0. The van der Waals surface area contributed by atoms with E-state index in [4.69, 9.17) is 5.11 Å². The van der Waals surface area contributed by atoms with Gasteiger partial charge in [-0.1, -0.05) is 6.07 Å². The average molecular weight is 266 g/mol. The lowest BCUT2D eigenvalue weighted by atomic mass is 9.97. The molecule has 1 saturated heterocycles. The summed E-state index contributed by atoms with van der Waals surface area (Å²) in [7, 11) is 1.60. The van der Waals surface area contributed by atoms with E-state index in [1.165, 1.54) is 6.07 Å². The molecular formula is C14H19FN2O2. The van der Waals surface area contributed by atoms with Gasteiger partial charge in [-0.2, -0.15) is 0 Å². The Morgan fingerprint density at radius 3 is 2.74 bits per heavy atom. The molecule has 1 aromatic rings. The van der Waals surface area contributed by atoms with Crippen LogP contribution in [0.15, 0.2) is 18.2 Å². The molecule has 0 bridgehead atoms. The maximum absolute atomic E-state index is 13.6. The molecule has 5 heteroatoms. The van der Waals surface area contributed by atoms with Gasteiger partial charge in [0.15, 0.2) is 0 Å². The second-order valence-corrected chi connectivity index (χ2v) is 4.83. The quantitative estimate of drug-likeness (QED) is 0.875. The van der Waals surface area contributed by atoms with Gasteiger partial charge in [-0.05, 0) is 30.9 Å². The molecule has 1 fully saturated rings. The van der Waals surface area contributed by atoms with Crippen molar-refractivity contribution >= 4 is 11.6 Å². The van der Waals surface area contributed by atoms with Crippen LogP contribution in [0.4, 0.5) is 10.1 Å². The van der Waals surface area contributed by atoms with Crippen LogP contribution in [-0.2, 0) is 0 Å². The molecular weight excluding hydrogens is 247 g/mol. The predicted molar refractivity (Wildman–Crippen MR) is 71.7 cm³/mol. The fraction of sp³-hybridized carbons (Fsp3) is 0.500. The maximum atomic E-state index is 13.6. The van der Waals surface area contributed by atoms with Crippen molar-refractivity contribution < 1.29 is 14.3 Å². The van der Waals surface area contributed by atoms with Crippen LogP contribution in [0.1, 0.15) is 23.2 Å². The smallest absolute Gasteiger partial charge is 0.256 e. The lowest BCUT2D eigenvalue weighted by Gasteiger charge is -2.31. The Bertz CT molecular complexity index is 457. The van der Waals surface area contributed by atoms with Gasteiger partial charge in [-0.15, -0.1) is 0 Å². The number of anilines is 1. The summed E-state index contributed by atoms with van der Waals surface area (Å²) in [5.74, 6) is -0.292. The van der Waals surface area contributed by atoms with Crippen molar-refractivity contribution in [2.24, 2.45) is 5.92 Å². The van der Waals surface area contributed by atoms with E-state index in [-0.39, 0.29) is 24.1 Å². The number of hydrogen-bond donors (Lipinski definition) is 2. The Balaban J connectivity index is 2.14. The Morgan fingerprint density at radius 2 is 2.16 bits per heavy atom. The highest BCUT2D eigenvalue weighted by Gasteiger charge is 2.25. The standard InChI is InChI=1S/C14H19FN2O2/c1-16-13-11(3-2-4-12(13)15)14(19)17-7-5-10(9-18)6-8-17/h2-4,10,16,18H,5-9H2,1H3. The molecule has 1 aliphatic rings. The first-order chi connectivity index (χ1) is 9.17. The molecule has 0 atom stereocenters. The van der Waals surface area contributed by atoms with E-state index in [0.29, 0.717) is 18.7 Å². The minimum Gasteiger partial charge on any atom is -0.396 e. The summed E-state index contributed by atoms with van der Waals surface area (Å²) in [5.41, 5.74) is 0.613. The number of carbonyl (C=O) groups excluding carboxylic acids is 1. The van der Waals surface area contributed by atoms with Crippen molar-refractivity contribution in [2.75, 3.05) is 32.1 Å². The van der Waals surface area contributed by atoms with Gasteiger partial charge >= 0.3 is 0 Å². The molecule has 104 valence electrons. The first-order valence-corrected chi connectivity index (χ1v) is 6.53. The lowest BCUT2D eigenvalue weighted by molar-refractivity contribution is 0.0651. The lowest BCUT2D eigenvalue weighted by Crippen LogP contribution is -2.39. The molecule has 1 amide bonds. The molecule has 0 spiro atoms. The first-order valence-electron chi connectivity index (χ1n) is 6.53. The van der Waals surface area contributed by atoms with E-state index >= 15 is 0 Å². The molecule has 2 N–H and O–H groups in total. The fourth-order valence-corrected chi connectivity index (χ4v) is 2.45. The van der Waals surface area contributed by atoms with E-state index in [1.807, 2.05) is 0 Å². The molecule has 1 aromatic carbocycles. The van der Waals surface area contributed by atoms with Crippen LogP contribution in [0, 0.1) is 11.7 Å². The third kappa shape index (κ3) is 2.87. The molecule has 0 saturated carbocycles. The molecule has 4 nitrogen and oxygen atoms in total. The number of hydrogen-bond acceptors (Lipinski definition) is 3. The van der Waals surface area contributed by atoms with Gasteiger partial charge < -0.3 is 15.3 Å². The number of carbonyl (C=O) groups is 1. The number of benzene rings is 1. The largest absolute Gasteiger partial charge is 0.396 e. The van der Waals surface area contributed by atoms with Gasteiger partial charge in [0.1, 0.15) is 5.82 Å². The Hall–Kier alpha value is -1.62. The average Bonchev–Trinajstić information content (AvgIpc) is 2.46. The second kappa shape index (κ2) is 6.02. The summed E-state index contributed by atoms with van der Waals surface area (Å²) in [6.45, 7) is 1.40. The number of likely N-dealkylation sites (tertiary alicyclic amines) is 1. The highest BCUT2D eigenvalue weighted by atomic mass is 19.1. The summed E-state index contributed by atoms with van der Waals surface area (Å²) < 4.78 is 13.6. The molecule has 0 aromatic heterocycles. The van der Waals surface area contributed by atoms with Crippen molar-refractivity contribution in [3.05, 3.63) is 29.6 Å². The number of aliphatic hydroxyl groups excluding tert-OH is 1. The highest BCUT2D eigenvalue weighted by Crippen LogP contribution is 2.24. The van der Waals surface area contributed by atoms with Crippen LogP contribution in [-0.4, -0.2) is 42.7 Å². The van der Waals surface area contributed by atoms with E-state index in [9.17, 15) is 9.18 Å². The molecule has 19 heavy (non-hydrogen) atoms. The highest BCUT2D eigenvalue weighted by molar-refractivity contribution is 5.99. The third-order valence-electron chi connectivity index (χ3n) is 3.65. The van der Waals surface area contributed by atoms with Crippen molar-refractivity contribution in [3.63, 3.8) is 0 Å².